The van der Waals surface area contributed by atoms with E-state index in [1.165, 1.54) is 12.1 Å². The van der Waals surface area contributed by atoms with Gasteiger partial charge in [0.1, 0.15) is 5.82 Å². The van der Waals surface area contributed by atoms with Crippen LogP contribution in [0.25, 0.3) is 22.0 Å². The van der Waals surface area contributed by atoms with Gasteiger partial charge in [-0.25, -0.2) is 9.18 Å². The first-order chi connectivity index (χ1) is 19.1. The van der Waals surface area contributed by atoms with Gasteiger partial charge < -0.3 is 15.0 Å². The summed E-state index contributed by atoms with van der Waals surface area (Å²) in [6.07, 6.45) is 0. The number of nitrogens with one attached hydrogen (secondary N) is 1. The number of aryl methyl sites for hydroxylation is 2. The van der Waals surface area contributed by atoms with Gasteiger partial charge in [-0.2, -0.15) is 0 Å². The minimum atomic E-state index is -0.948. The van der Waals surface area contributed by atoms with Crippen LogP contribution >= 0.6 is 0 Å². The lowest BCUT2D eigenvalue weighted by Gasteiger charge is -2.17. The number of hydrogen-bond donors (Lipinski definition) is 2. The van der Waals surface area contributed by atoms with Crippen molar-refractivity contribution in [3.05, 3.63) is 130 Å². The van der Waals surface area contributed by atoms with E-state index in [-0.39, 0.29) is 23.3 Å². The highest BCUT2D eigenvalue weighted by Gasteiger charge is 2.18. The maximum absolute atomic E-state index is 13.8. The zero-order valence-electron chi connectivity index (χ0n) is 23.0. The van der Waals surface area contributed by atoms with Crippen molar-refractivity contribution in [2.24, 2.45) is 0 Å². The number of halogens is 1. The molecule has 2 N–H and O–H groups in total. The average Bonchev–Trinajstić information content (AvgIpc) is 3.18. The molecule has 202 valence electrons. The lowest BCUT2D eigenvalue weighted by Crippen LogP contribution is -2.27. The smallest absolute Gasteiger partial charge is 0.336 e. The van der Waals surface area contributed by atoms with Crippen LogP contribution in [0.4, 0.5) is 4.39 Å². The van der Waals surface area contributed by atoms with Crippen LogP contribution in [0.3, 0.4) is 0 Å². The van der Waals surface area contributed by atoms with Crippen LogP contribution in [0.2, 0.25) is 0 Å². The molecule has 1 aromatic heterocycles. The number of aromatic carboxylic acids is 1. The number of carboxylic acid groups (broad SMARTS) is 1. The summed E-state index contributed by atoms with van der Waals surface area (Å²) in [6, 6.07) is 24.9. The monoisotopic (exact) mass is 534 g/mol. The summed E-state index contributed by atoms with van der Waals surface area (Å²) < 4.78 is 16.0. The zero-order valence-corrected chi connectivity index (χ0v) is 23.0. The third-order valence-electron chi connectivity index (χ3n) is 7.72. The Kier molecular flexibility index (Phi) is 7.26. The van der Waals surface area contributed by atoms with Gasteiger partial charge in [-0.05, 0) is 97.5 Å². The summed E-state index contributed by atoms with van der Waals surface area (Å²) in [5, 5.41) is 13.6. The molecule has 0 bridgehead atoms. The Balaban J connectivity index is 1.39. The van der Waals surface area contributed by atoms with Crippen molar-refractivity contribution in [1.82, 2.24) is 9.88 Å². The fraction of sp³-hybridized carbons (Fsp3) is 0.176. The second-order valence-corrected chi connectivity index (χ2v) is 10.3. The van der Waals surface area contributed by atoms with Gasteiger partial charge in [0.15, 0.2) is 0 Å². The van der Waals surface area contributed by atoms with Crippen LogP contribution in [-0.2, 0) is 6.54 Å². The minimum Gasteiger partial charge on any atom is -0.478 e. The molecule has 0 unspecified atom stereocenters. The Hall–Kier alpha value is -4.71. The van der Waals surface area contributed by atoms with Crippen LogP contribution < -0.4 is 5.32 Å². The highest BCUT2D eigenvalue weighted by molar-refractivity contribution is 5.99. The molecule has 0 aliphatic carbocycles. The van der Waals surface area contributed by atoms with Crippen molar-refractivity contribution in [3.63, 3.8) is 0 Å². The van der Waals surface area contributed by atoms with Crippen LogP contribution in [0.1, 0.15) is 61.6 Å². The SMILES string of the molecule is Cc1ccc(F)cc1[C@H](C)NC(=O)c1ccc2c(c1)c(C)c(C)n2Cc1ccc(-c2ccccc2C(=O)O)cc1. The largest absolute Gasteiger partial charge is 0.478 e. The van der Waals surface area contributed by atoms with Crippen molar-refractivity contribution >= 4 is 22.8 Å². The number of rotatable bonds is 7. The number of fused-ring (bicyclic) bond motifs is 1. The molecule has 0 spiro atoms. The maximum atomic E-state index is 13.8. The summed E-state index contributed by atoms with van der Waals surface area (Å²) in [4.78, 5) is 24.8. The lowest BCUT2D eigenvalue weighted by atomic mass is 9.99. The van der Waals surface area contributed by atoms with E-state index < -0.39 is 5.97 Å². The van der Waals surface area contributed by atoms with Gasteiger partial charge in [-0.3, -0.25) is 4.79 Å². The van der Waals surface area contributed by atoms with Crippen molar-refractivity contribution in [2.75, 3.05) is 0 Å². The Morgan fingerprint density at radius 1 is 0.925 bits per heavy atom. The molecule has 0 saturated carbocycles. The first-order valence-corrected chi connectivity index (χ1v) is 13.2. The minimum absolute atomic E-state index is 0.208. The van der Waals surface area contributed by atoms with Gasteiger partial charge in [0.05, 0.1) is 11.6 Å². The van der Waals surface area contributed by atoms with Crippen LogP contribution in [0, 0.1) is 26.6 Å². The lowest BCUT2D eigenvalue weighted by molar-refractivity contribution is 0.0697. The van der Waals surface area contributed by atoms with Gasteiger partial charge in [0, 0.05) is 28.7 Å². The Bertz CT molecular complexity index is 1750. The van der Waals surface area contributed by atoms with Crippen LogP contribution in [0.15, 0.2) is 84.9 Å². The van der Waals surface area contributed by atoms with Crippen molar-refractivity contribution in [2.45, 2.75) is 40.3 Å². The zero-order chi connectivity index (χ0) is 28.6. The standard InChI is InChI=1S/C34H31FN2O3/c1-20-9-15-27(35)18-30(20)22(3)36-33(38)26-14-16-32-31(17-26)21(2)23(4)37(32)19-24-10-12-25(13-11-24)28-7-5-6-8-29(28)34(39)40/h5-18,22H,19H2,1-4H3,(H,36,38)(H,39,40)/t22-/m0/s1. The second-order valence-electron chi connectivity index (χ2n) is 10.3. The molecule has 1 amide bonds. The van der Waals surface area contributed by atoms with E-state index in [9.17, 15) is 19.1 Å². The normalized spacial score (nSPS) is 11.9. The highest BCUT2D eigenvalue weighted by atomic mass is 19.1. The summed E-state index contributed by atoms with van der Waals surface area (Å²) in [5.41, 5.74) is 8.37. The quantitative estimate of drug-likeness (QED) is 0.226. The van der Waals surface area contributed by atoms with Crippen molar-refractivity contribution < 1.29 is 19.1 Å². The number of benzene rings is 4. The first kappa shape index (κ1) is 26.9. The number of carbonyl (C=O) groups is 2. The second kappa shape index (κ2) is 10.8. The van der Waals surface area contributed by atoms with E-state index in [2.05, 4.69) is 23.7 Å². The number of nitrogens with zero attached hydrogens (tertiary/aromatic N) is 1. The predicted molar refractivity (Wildman–Crippen MR) is 156 cm³/mol. The topological polar surface area (TPSA) is 71.3 Å². The third kappa shape index (κ3) is 5.13. The highest BCUT2D eigenvalue weighted by Crippen LogP contribution is 2.29. The van der Waals surface area contributed by atoms with Crippen LogP contribution in [-0.4, -0.2) is 21.6 Å². The molecular weight excluding hydrogens is 503 g/mol. The predicted octanol–water partition coefficient (Wildman–Crippen LogP) is 7.61. The van der Waals surface area contributed by atoms with E-state index in [4.69, 9.17) is 0 Å². The fourth-order valence-corrected chi connectivity index (χ4v) is 5.32. The fourth-order valence-electron chi connectivity index (χ4n) is 5.32. The molecule has 0 aliphatic rings. The molecule has 40 heavy (non-hydrogen) atoms. The van der Waals surface area contributed by atoms with Gasteiger partial charge in [-0.1, -0.05) is 48.5 Å². The molecule has 5 nitrogen and oxygen atoms in total. The number of carboxylic acids is 1. The molecule has 5 rings (SSSR count). The third-order valence-corrected chi connectivity index (χ3v) is 7.72. The van der Waals surface area contributed by atoms with Gasteiger partial charge in [0.25, 0.3) is 5.91 Å². The Morgan fingerprint density at radius 3 is 2.38 bits per heavy atom. The van der Waals surface area contributed by atoms with E-state index in [1.54, 1.807) is 18.2 Å². The number of carbonyl (C=O) groups excluding carboxylic acids is 1. The Labute approximate surface area is 232 Å². The Morgan fingerprint density at radius 2 is 1.65 bits per heavy atom. The van der Waals surface area contributed by atoms with E-state index in [0.29, 0.717) is 17.7 Å². The molecule has 0 fully saturated rings. The van der Waals surface area contributed by atoms with Gasteiger partial charge in [-0.15, -0.1) is 0 Å². The van der Waals surface area contributed by atoms with Gasteiger partial charge >= 0.3 is 5.97 Å². The molecule has 5 aromatic rings. The van der Waals surface area contributed by atoms with E-state index >= 15 is 0 Å². The van der Waals surface area contributed by atoms with Gasteiger partial charge in [0.2, 0.25) is 0 Å². The molecule has 0 saturated heterocycles. The molecule has 0 radical (unpaired) electrons. The molecule has 0 aliphatic heterocycles. The molecule has 1 heterocycles. The maximum Gasteiger partial charge on any atom is 0.336 e. The molecule has 6 heteroatoms. The van der Waals surface area contributed by atoms with E-state index in [0.717, 1.165) is 44.4 Å². The molecule has 4 aromatic carbocycles. The van der Waals surface area contributed by atoms with Crippen molar-refractivity contribution in [3.8, 4) is 11.1 Å². The number of amides is 1. The summed E-state index contributed by atoms with van der Waals surface area (Å²) >= 11 is 0. The first-order valence-electron chi connectivity index (χ1n) is 13.2. The van der Waals surface area contributed by atoms with Crippen molar-refractivity contribution in [1.29, 1.82) is 0 Å². The summed E-state index contributed by atoms with van der Waals surface area (Å²) in [6.45, 7) is 8.52. The van der Waals surface area contributed by atoms with E-state index in [1.807, 2.05) is 68.4 Å². The van der Waals surface area contributed by atoms with Crippen LogP contribution in [0.5, 0.6) is 0 Å². The summed E-state index contributed by atoms with van der Waals surface area (Å²) in [7, 11) is 0. The summed E-state index contributed by atoms with van der Waals surface area (Å²) in [5.74, 6) is -1.48. The average molecular weight is 535 g/mol. The number of hydrogen-bond acceptors (Lipinski definition) is 2. The molecular formula is C34H31FN2O3. The molecule has 1 atom stereocenters. The number of aromatic nitrogens is 1.